The molecule has 0 bridgehead atoms. The van der Waals surface area contributed by atoms with E-state index in [1.165, 1.54) is 16.7 Å². The lowest BCUT2D eigenvalue weighted by Gasteiger charge is -2.31. The van der Waals surface area contributed by atoms with Crippen LogP contribution < -0.4 is 5.32 Å². The molecule has 1 aromatic carbocycles. The van der Waals surface area contributed by atoms with Crippen molar-refractivity contribution in [2.24, 2.45) is 0 Å². The van der Waals surface area contributed by atoms with Crippen LogP contribution >= 0.6 is 0 Å². The molecule has 0 saturated carbocycles. The third-order valence-corrected chi connectivity index (χ3v) is 3.38. The van der Waals surface area contributed by atoms with Gasteiger partial charge in [0.2, 0.25) is 0 Å². The van der Waals surface area contributed by atoms with Crippen LogP contribution in [0, 0.1) is 13.8 Å². The van der Waals surface area contributed by atoms with Gasteiger partial charge in [0.05, 0.1) is 0 Å². The summed E-state index contributed by atoms with van der Waals surface area (Å²) in [5.74, 6) is 0.654. The van der Waals surface area contributed by atoms with Gasteiger partial charge in [0, 0.05) is 12.6 Å². The van der Waals surface area contributed by atoms with Crippen LogP contribution in [0.5, 0.6) is 0 Å². The first kappa shape index (κ1) is 9.72. The Hall–Kier alpha value is -0.820. The zero-order valence-corrected chi connectivity index (χ0v) is 9.52. The summed E-state index contributed by atoms with van der Waals surface area (Å²) < 4.78 is 0. The Morgan fingerprint density at radius 2 is 1.64 bits per heavy atom. The van der Waals surface area contributed by atoms with E-state index in [0.29, 0.717) is 12.0 Å². The fraction of sp³-hybridized carbons (Fsp3) is 0.538. The van der Waals surface area contributed by atoms with Gasteiger partial charge in [-0.15, -0.1) is 0 Å². The highest BCUT2D eigenvalue weighted by Crippen LogP contribution is 2.34. The lowest BCUT2D eigenvalue weighted by Crippen LogP contribution is -2.31. The Balaban J connectivity index is 2.65. The van der Waals surface area contributed by atoms with Crippen molar-refractivity contribution in [2.75, 3.05) is 6.54 Å². The van der Waals surface area contributed by atoms with E-state index < -0.39 is 0 Å². The molecule has 14 heavy (non-hydrogen) atoms. The molecule has 1 aromatic rings. The van der Waals surface area contributed by atoms with E-state index in [1.54, 1.807) is 5.56 Å². The van der Waals surface area contributed by atoms with E-state index in [9.17, 15) is 0 Å². The van der Waals surface area contributed by atoms with Crippen molar-refractivity contribution < 1.29 is 0 Å². The van der Waals surface area contributed by atoms with Gasteiger partial charge in [-0.05, 0) is 48.9 Å². The molecule has 1 heteroatoms. The van der Waals surface area contributed by atoms with E-state index >= 15 is 0 Å². The van der Waals surface area contributed by atoms with Crippen molar-refractivity contribution in [3.05, 3.63) is 34.4 Å². The molecule has 0 spiro atoms. The molecule has 0 aliphatic carbocycles. The minimum atomic E-state index is 0.515. The Labute approximate surface area is 86.5 Å². The van der Waals surface area contributed by atoms with Crippen molar-refractivity contribution in [1.29, 1.82) is 0 Å². The Bertz CT molecular complexity index is 319. The average Bonchev–Trinajstić information content (AvgIpc) is 2.16. The van der Waals surface area contributed by atoms with Crippen molar-refractivity contribution in [3.63, 3.8) is 0 Å². The molecule has 76 valence electrons. The first-order chi connectivity index (χ1) is 6.61. The summed E-state index contributed by atoms with van der Waals surface area (Å²) in [5, 5.41) is 3.56. The van der Waals surface area contributed by atoms with Gasteiger partial charge < -0.3 is 5.32 Å². The first-order valence-corrected chi connectivity index (χ1v) is 5.44. The van der Waals surface area contributed by atoms with E-state index in [1.807, 2.05) is 0 Å². The van der Waals surface area contributed by atoms with Gasteiger partial charge in [-0.2, -0.15) is 0 Å². The summed E-state index contributed by atoms with van der Waals surface area (Å²) in [7, 11) is 0. The summed E-state index contributed by atoms with van der Waals surface area (Å²) in [4.78, 5) is 0. The molecule has 0 saturated heterocycles. The van der Waals surface area contributed by atoms with Crippen molar-refractivity contribution >= 4 is 0 Å². The maximum Gasteiger partial charge on any atom is 0.0297 e. The third kappa shape index (κ3) is 1.36. The maximum atomic E-state index is 3.56. The van der Waals surface area contributed by atoms with Crippen LogP contribution in [0.25, 0.3) is 0 Å². The summed E-state index contributed by atoms with van der Waals surface area (Å²) in [5.41, 5.74) is 5.99. The van der Waals surface area contributed by atoms with E-state index in [-0.39, 0.29) is 0 Å². The zero-order chi connectivity index (χ0) is 10.3. The minimum Gasteiger partial charge on any atom is -0.310 e. The van der Waals surface area contributed by atoms with Gasteiger partial charge in [-0.1, -0.05) is 19.1 Å². The quantitative estimate of drug-likeness (QED) is 0.661. The summed E-state index contributed by atoms with van der Waals surface area (Å²) >= 11 is 0. The summed E-state index contributed by atoms with van der Waals surface area (Å²) in [6.07, 6.45) is 0. The van der Waals surface area contributed by atoms with Crippen LogP contribution in [0.4, 0.5) is 0 Å². The number of fused-ring (bicyclic) bond motifs is 1. The lowest BCUT2D eigenvalue weighted by atomic mass is 9.83. The monoisotopic (exact) mass is 189 g/mol. The van der Waals surface area contributed by atoms with Crippen LogP contribution in [0.2, 0.25) is 0 Å². The molecule has 2 atom stereocenters. The molecule has 1 N–H and O–H groups in total. The molecule has 1 heterocycles. The fourth-order valence-corrected chi connectivity index (χ4v) is 2.64. The molecule has 0 aromatic heterocycles. The molecular formula is C13H19N. The second-order valence-electron chi connectivity index (χ2n) is 4.56. The van der Waals surface area contributed by atoms with Gasteiger partial charge >= 0.3 is 0 Å². The standard InChI is InChI=1S/C13H19N/c1-8-5-6-9(2)13-11(4)14-7-10(3)12(8)13/h5-6,10-11,14H,7H2,1-4H3. The molecule has 2 unspecified atom stereocenters. The van der Waals surface area contributed by atoms with Gasteiger partial charge in [-0.3, -0.25) is 0 Å². The number of rotatable bonds is 0. The highest BCUT2D eigenvalue weighted by Gasteiger charge is 2.23. The number of benzene rings is 1. The Morgan fingerprint density at radius 3 is 2.21 bits per heavy atom. The summed E-state index contributed by atoms with van der Waals surface area (Å²) in [6, 6.07) is 5.01. The minimum absolute atomic E-state index is 0.515. The largest absolute Gasteiger partial charge is 0.310 e. The molecule has 0 amide bonds. The Kier molecular flexibility index (Phi) is 2.36. The van der Waals surface area contributed by atoms with E-state index in [4.69, 9.17) is 0 Å². The third-order valence-electron chi connectivity index (χ3n) is 3.38. The zero-order valence-electron chi connectivity index (χ0n) is 9.52. The molecule has 0 radical (unpaired) electrons. The molecular weight excluding hydrogens is 170 g/mol. The molecule has 1 nitrogen and oxygen atoms in total. The average molecular weight is 189 g/mol. The van der Waals surface area contributed by atoms with Gasteiger partial charge in [0.25, 0.3) is 0 Å². The first-order valence-electron chi connectivity index (χ1n) is 5.44. The van der Waals surface area contributed by atoms with Crippen molar-refractivity contribution in [3.8, 4) is 0 Å². The number of nitrogens with one attached hydrogen (secondary N) is 1. The molecule has 1 aliphatic rings. The van der Waals surface area contributed by atoms with Crippen LogP contribution in [-0.4, -0.2) is 6.54 Å². The van der Waals surface area contributed by atoms with Crippen molar-refractivity contribution in [2.45, 2.75) is 39.7 Å². The van der Waals surface area contributed by atoms with E-state index in [0.717, 1.165) is 6.54 Å². The van der Waals surface area contributed by atoms with Crippen LogP contribution in [0.3, 0.4) is 0 Å². The summed E-state index contributed by atoms with van der Waals surface area (Å²) in [6.45, 7) is 10.1. The lowest BCUT2D eigenvalue weighted by molar-refractivity contribution is 0.491. The number of hydrogen-bond donors (Lipinski definition) is 1. The number of aryl methyl sites for hydroxylation is 2. The number of hydrogen-bond acceptors (Lipinski definition) is 1. The van der Waals surface area contributed by atoms with Crippen LogP contribution in [0.15, 0.2) is 12.1 Å². The van der Waals surface area contributed by atoms with Crippen molar-refractivity contribution in [1.82, 2.24) is 5.32 Å². The predicted molar refractivity (Wildman–Crippen MR) is 60.7 cm³/mol. The Morgan fingerprint density at radius 1 is 1.07 bits per heavy atom. The van der Waals surface area contributed by atoms with Gasteiger partial charge in [0.15, 0.2) is 0 Å². The molecule has 2 rings (SSSR count). The maximum absolute atomic E-state index is 3.56. The van der Waals surface area contributed by atoms with Crippen LogP contribution in [0.1, 0.15) is 48.1 Å². The van der Waals surface area contributed by atoms with E-state index in [2.05, 4.69) is 45.1 Å². The predicted octanol–water partition coefficient (Wildman–Crippen LogP) is 3.07. The smallest absolute Gasteiger partial charge is 0.0297 e. The topological polar surface area (TPSA) is 12.0 Å². The molecule has 0 fully saturated rings. The molecule has 1 aliphatic heterocycles. The van der Waals surface area contributed by atoms with Crippen LogP contribution in [-0.2, 0) is 0 Å². The van der Waals surface area contributed by atoms with Gasteiger partial charge in [0.1, 0.15) is 0 Å². The SMILES string of the molecule is Cc1ccc(C)c2c1C(C)CNC2C. The highest BCUT2D eigenvalue weighted by molar-refractivity contribution is 5.45. The van der Waals surface area contributed by atoms with Gasteiger partial charge in [-0.25, -0.2) is 0 Å². The highest BCUT2D eigenvalue weighted by atomic mass is 14.9. The second kappa shape index (κ2) is 3.39. The second-order valence-corrected chi connectivity index (χ2v) is 4.56. The fourth-order valence-electron chi connectivity index (χ4n) is 2.64. The normalized spacial score (nSPS) is 26.0.